The van der Waals surface area contributed by atoms with Crippen molar-refractivity contribution in [1.82, 2.24) is 5.16 Å². The predicted octanol–water partition coefficient (Wildman–Crippen LogP) is 4.09. The number of rotatable bonds is 8. The Balaban J connectivity index is 1.92. The summed E-state index contributed by atoms with van der Waals surface area (Å²) in [5, 5.41) is 16.9. The molecule has 0 saturated carbocycles. The summed E-state index contributed by atoms with van der Waals surface area (Å²) in [4.78, 5) is 25.3. The van der Waals surface area contributed by atoms with Crippen LogP contribution in [0, 0.1) is 17.2 Å². The highest BCUT2D eigenvalue weighted by Gasteiger charge is 2.28. The molecule has 0 fully saturated rings. The van der Waals surface area contributed by atoms with E-state index in [0.29, 0.717) is 17.1 Å². The van der Waals surface area contributed by atoms with Crippen molar-refractivity contribution in [2.75, 3.05) is 18.2 Å². The first-order valence-corrected chi connectivity index (χ1v) is 10.4. The Morgan fingerprint density at radius 3 is 2.65 bits per heavy atom. The molecular weight excluding hydrogens is 416 g/mol. The zero-order chi connectivity index (χ0) is 22.5. The molecule has 2 aromatic heterocycles. The van der Waals surface area contributed by atoms with Crippen molar-refractivity contribution in [2.45, 2.75) is 26.3 Å². The molecule has 2 heterocycles. The number of aromatic nitrogens is 1. The molecule has 3 N–H and O–H groups in total. The number of anilines is 2. The maximum Gasteiger partial charge on any atom is 0.328 e. The summed E-state index contributed by atoms with van der Waals surface area (Å²) in [6.07, 6.45) is 0.487. The molecule has 0 amide bonds. The number of ketones is 1. The second-order valence-corrected chi connectivity index (χ2v) is 8.30. The normalized spacial score (nSPS) is 11.7. The maximum atomic E-state index is 13.0. The topological polar surface area (TPSA) is 131 Å². The van der Waals surface area contributed by atoms with E-state index >= 15 is 0 Å². The van der Waals surface area contributed by atoms with Crippen LogP contribution < -0.4 is 11.1 Å². The molecule has 0 radical (unpaired) electrons. The predicted molar refractivity (Wildman–Crippen MR) is 118 cm³/mol. The third-order valence-corrected chi connectivity index (χ3v) is 5.70. The molecule has 8 nitrogen and oxygen atoms in total. The quantitative estimate of drug-likeness (QED) is 0.397. The summed E-state index contributed by atoms with van der Waals surface area (Å²) in [6, 6.07) is 12.2. The number of thiophene rings is 1. The van der Waals surface area contributed by atoms with E-state index in [4.69, 9.17) is 15.0 Å². The van der Waals surface area contributed by atoms with Crippen molar-refractivity contribution in [3.05, 3.63) is 52.6 Å². The number of ether oxygens (including phenoxy) is 1. The van der Waals surface area contributed by atoms with Crippen molar-refractivity contribution in [2.24, 2.45) is 5.92 Å². The van der Waals surface area contributed by atoms with E-state index in [0.717, 1.165) is 16.9 Å². The number of methoxy groups -OCH3 is 1. The molecule has 1 unspecified atom stereocenters. The van der Waals surface area contributed by atoms with Gasteiger partial charge in [0.25, 0.3) is 0 Å². The van der Waals surface area contributed by atoms with E-state index < -0.39 is 17.8 Å². The Kier molecular flexibility index (Phi) is 6.72. The highest BCUT2D eigenvalue weighted by atomic mass is 32.1. The lowest BCUT2D eigenvalue weighted by molar-refractivity contribution is -0.141. The van der Waals surface area contributed by atoms with Gasteiger partial charge in [0.15, 0.2) is 0 Å². The van der Waals surface area contributed by atoms with Gasteiger partial charge in [-0.25, -0.2) is 4.79 Å². The average molecular weight is 439 g/mol. The molecule has 3 aromatic rings. The smallest absolute Gasteiger partial charge is 0.328 e. The third-order valence-electron chi connectivity index (χ3n) is 4.56. The second kappa shape index (κ2) is 9.45. The molecule has 9 heteroatoms. The van der Waals surface area contributed by atoms with Crippen LogP contribution in [0.3, 0.4) is 0 Å². The Bertz CT molecular complexity index is 1130. The van der Waals surface area contributed by atoms with E-state index in [2.05, 4.69) is 10.5 Å². The van der Waals surface area contributed by atoms with Crippen LogP contribution in [0.25, 0.3) is 11.3 Å². The number of hydrogen-bond donors (Lipinski definition) is 2. The molecule has 31 heavy (non-hydrogen) atoms. The number of nitrogen functional groups attached to an aromatic ring is 1. The minimum Gasteiger partial charge on any atom is -0.467 e. The fourth-order valence-corrected chi connectivity index (χ4v) is 4.12. The number of hydrogen-bond acceptors (Lipinski definition) is 9. The van der Waals surface area contributed by atoms with Crippen molar-refractivity contribution in [1.29, 1.82) is 5.26 Å². The summed E-state index contributed by atoms with van der Waals surface area (Å²) in [6.45, 7) is 3.93. The molecular formula is C22H22N4O4S. The van der Waals surface area contributed by atoms with Gasteiger partial charge in [0, 0.05) is 11.6 Å². The van der Waals surface area contributed by atoms with E-state index in [-0.39, 0.29) is 27.8 Å². The van der Waals surface area contributed by atoms with Crippen LogP contribution in [0.4, 0.5) is 10.7 Å². The first-order chi connectivity index (χ1) is 14.8. The van der Waals surface area contributed by atoms with Gasteiger partial charge in [-0.05, 0) is 12.3 Å². The van der Waals surface area contributed by atoms with Gasteiger partial charge in [0.05, 0.1) is 12.8 Å². The first kappa shape index (κ1) is 22.1. The summed E-state index contributed by atoms with van der Waals surface area (Å²) in [5.74, 6) is -0.735. The number of esters is 1. The monoisotopic (exact) mass is 438 g/mol. The molecule has 0 aliphatic carbocycles. The second-order valence-electron chi connectivity index (χ2n) is 7.28. The molecule has 0 bridgehead atoms. The lowest BCUT2D eigenvalue weighted by Gasteiger charge is -2.18. The van der Waals surface area contributed by atoms with Crippen LogP contribution >= 0.6 is 11.3 Å². The molecule has 160 valence electrons. The van der Waals surface area contributed by atoms with Gasteiger partial charge in [0.1, 0.15) is 33.2 Å². The van der Waals surface area contributed by atoms with Gasteiger partial charge < -0.3 is 20.3 Å². The Morgan fingerprint density at radius 1 is 1.32 bits per heavy atom. The Labute approximate surface area is 183 Å². The molecule has 0 spiro atoms. The minimum atomic E-state index is -0.673. The fraction of sp³-hybridized carbons (Fsp3) is 0.273. The summed E-state index contributed by atoms with van der Waals surface area (Å²) in [7, 11) is 1.30. The van der Waals surface area contributed by atoms with E-state index in [9.17, 15) is 14.9 Å². The van der Waals surface area contributed by atoms with Crippen molar-refractivity contribution in [3.63, 3.8) is 0 Å². The van der Waals surface area contributed by atoms with Crippen molar-refractivity contribution < 1.29 is 18.8 Å². The number of nitrogens with zero attached hydrogens (tertiary/aromatic N) is 2. The van der Waals surface area contributed by atoms with Crippen molar-refractivity contribution in [3.8, 4) is 17.3 Å². The zero-order valence-electron chi connectivity index (χ0n) is 17.3. The third kappa shape index (κ3) is 4.75. The van der Waals surface area contributed by atoms with Gasteiger partial charge in [-0.3, -0.25) is 4.79 Å². The van der Waals surface area contributed by atoms with Gasteiger partial charge in [0.2, 0.25) is 11.5 Å². The summed E-state index contributed by atoms with van der Waals surface area (Å²) < 4.78 is 10.1. The molecule has 1 aromatic carbocycles. The largest absolute Gasteiger partial charge is 0.467 e. The van der Waals surface area contributed by atoms with Gasteiger partial charge >= 0.3 is 5.97 Å². The van der Waals surface area contributed by atoms with Crippen LogP contribution in [0.1, 0.15) is 41.3 Å². The zero-order valence-corrected chi connectivity index (χ0v) is 18.2. The Morgan fingerprint density at radius 2 is 2.03 bits per heavy atom. The number of nitriles is 1. The number of carbonyl (C=O) groups is 2. The van der Waals surface area contributed by atoms with E-state index in [1.165, 1.54) is 13.2 Å². The number of nitrogens with one attached hydrogen (secondary N) is 1. The molecule has 0 aliphatic rings. The summed E-state index contributed by atoms with van der Waals surface area (Å²) >= 11 is 0.998. The number of carbonyl (C=O) groups excluding carboxylic acids is 2. The average Bonchev–Trinajstić information content (AvgIpc) is 3.37. The number of benzene rings is 1. The lowest BCUT2D eigenvalue weighted by Crippen LogP contribution is -2.32. The standard InChI is InChI=1S/C22H22N4O4S/c1-12(2)9-16(22(28)29-3)25-21-14(11-23)18(24)20(31-21)19(27)17-10-15(26-30-17)13-7-5-4-6-8-13/h4-8,10,12,16,25H,9,24H2,1-3H3. The first-order valence-electron chi connectivity index (χ1n) is 9.59. The van der Waals surface area contributed by atoms with E-state index in [1.54, 1.807) is 0 Å². The highest BCUT2D eigenvalue weighted by molar-refractivity contribution is 7.19. The van der Waals surface area contributed by atoms with Crippen LogP contribution in [0.5, 0.6) is 0 Å². The van der Waals surface area contributed by atoms with Crippen LogP contribution in [0.2, 0.25) is 0 Å². The molecule has 0 aliphatic heterocycles. The van der Waals surface area contributed by atoms with Gasteiger partial charge in [-0.2, -0.15) is 5.26 Å². The minimum absolute atomic E-state index is 0.00883. The van der Waals surface area contributed by atoms with Gasteiger partial charge in [-0.1, -0.05) is 49.3 Å². The fourth-order valence-electron chi connectivity index (χ4n) is 3.05. The van der Waals surface area contributed by atoms with Crippen molar-refractivity contribution >= 4 is 33.8 Å². The van der Waals surface area contributed by atoms with Crippen LogP contribution in [0.15, 0.2) is 40.9 Å². The Hall–Kier alpha value is -3.64. The lowest BCUT2D eigenvalue weighted by atomic mass is 10.0. The van der Waals surface area contributed by atoms with E-state index in [1.807, 2.05) is 50.2 Å². The number of nitrogens with two attached hydrogens (primary N) is 1. The van der Waals surface area contributed by atoms with Crippen LogP contribution in [-0.4, -0.2) is 30.1 Å². The van der Waals surface area contributed by atoms with Gasteiger partial charge in [-0.15, -0.1) is 11.3 Å². The highest BCUT2D eigenvalue weighted by Crippen LogP contribution is 2.37. The van der Waals surface area contributed by atoms with Crippen LogP contribution in [-0.2, 0) is 9.53 Å². The molecule has 1 atom stereocenters. The molecule has 3 rings (SSSR count). The molecule has 0 saturated heterocycles. The summed E-state index contributed by atoms with van der Waals surface area (Å²) in [5.41, 5.74) is 7.56. The SMILES string of the molecule is COC(=O)C(CC(C)C)Nc1sc(C(=O)c2cc(-c3ccccc3)no2)c(N)c1C#N. The maximum absolute atomic E-state index is 13.0.